The summed E-state index contributed by atoms with van der Waals surface area (Å²) in [6.07, 6.45) is 0. The lowest BCUT2D eigenvalue weighted by Crippen LogP contribution is -2.30. The van der Waals surface area contributed by atoms with E-state index in [0.29, 0.717) is 10.6 Å². The van der Waals surface area contributed by atoms with Gasteiger partial charge in [0, 0.05) is 10.6 Å². The third kappa shape index (κ3) is 3.57. The third-order valence-electron chi connectivity index (χ3n) is 2.62. The number of carbonyl (C=O) groups excluding carboxylic acids is 2. The Hall–Kier alpha value is -1.35. The smallest absolute Gasteiger partial charge is 0.317 e. The van der Waals surface area contributed by atoms with Crippen molar-refractivity contribution >= 4 is 23.4 Å². The molecule has 18 heavy (non-hydrogen) atoms. The molecule has 1 atom stereocenters. The zero-order chi connectivity index (χ0) is 13.7. The van der Waals surface area contributed by atoms with Gasteiger partial charge in [-0.1, -0.05) is 25.4 Å². The van der Waals surface area contributed by atoms with Crippen LogP contribution in [0.2, 0.25) is 5.02 Å². The summed E-state index contributed by atoms with van der Waals surface area (Å²) in [6, 6.07) is 6.52. The fourth-order valence-electron chi connectivity index (χ4n) is 1.71. The molecular weight excluding hydrogens is 252 g/mol. The van der Waals surface area contributed by atoms with Crippen molar-refractivity contribution in [2.45, 2.75) is 20.8 Å². The number of hydrogen-bond donors (Lipinski definition) is 0. The van der Waals surface area contributed by atoms with E-state index >= 15 is 0 Å². The van der Waals surface area contributed by atoms with Crippen LogP contribution in [0.25, 0.3) is 0 Å². The monoisotopic (exact) mass is 268 g/mol. The molecule has 4 heteroatoms. The maximum atomic E-state index is 12.3. The van der Waals surface area contributed by atoms with Crippen molar-refractivity contribution in [2.24, 2.45) is 11.8 Å². The first-order valence-corrected chi connectivity index (χ1v) is 6.31. The van der Waals surface area contributed by atoms with Crippen molar-refractivity contribution in [1.82, 2.24) is 0 Å². The number of ether oxygens (including phenoxy) is 1. The molecule has 0 saturated carbocycles. The highest BCUT2D eigenvalue weighted by Gasteiger charge is 2.31. The summed E-state index contributed by atoms with van der Waals surface area (Å²) < 4.78 is 4.95. The molecule has 0 aliphatic rings. The topological polar surface area (TPSA) is 43.4 Å². The average Bonchev–Trinajstić information content (AvgIpc) is 2.29. The molecule has 0 amide bonds. The second kappa shape index (κ2) is 6.55. The largest absolute Gasteiger partial charge is 0.465 e. The summed E-state index contributed by atoms with van der Waals surface area (Å²) >= 11 is 5.77. The van der Waals surface area contributed by atoms with Crippen molar-refractivity contribution in [2.75, 3.05) is 6.61 Å². The lowest BCUT2D eigenvalue weighted by atomic mass is 9.88. The van der Waals surface area contributed by atoms with Gasteiger partial charge in [-0.15, -0.1) is 0 Å². The van der Waals surface area contributed by atoms with Crippen LogP contribution in [0.3, 0.4) is 0 Å². The quantitative estimate of drug-likeness (QED) is 0.467. The van der Waals surface area contributed by atoms with Gasteiger partial charge in [-0.25, -0.2) is 0 Å². The molecule has 0 N–H and O–H groups in total. The number of carbonyl (C=O) groups is 2. The van der Waals surface area contributed by atoms with Crippen LogP contribution in [0.15, 0.2) is 24.3 Å². The highest BCUT2D eigenvalue weighted by Crippen LogP contribution is 2.20. The standard InChI is InChI=1S/C14H17ClO3/c1-4-18-14(17)12(9(2)3)13(16)10-5-7-11(15)8-6-10/h5-9,12H,4H2,1-3H3. The number of esters is 1. The van der Waals surface area contributed by atoms with E-state index in [4.69, 9.17) is 16.3 Å². The summed E-state index contributed by atoms with van der Waals surface area (Å²) in [5.74, 6) is -1.55. The fourth-order valence-corrected chi connectivity index (χ4v) is 1.83. The third-order valence-corrected chi connectivity index (χ3v) is 2.87. The second-order valence-electron chi connectivity index (χ2n) is 4.34. The van der Waals surface area contributed by atoms with Crippen molar-refractivity contribution < 1.29 is 14.3 Å². The summed E-state index contributed by atoms with van der Waals surface area (Å²) in [4.78, 5) is 24.1. The second-order valence-corrected chi connectivity index (χ2v) is 4.78. The van der Waals surface area contributed by atoms with Gasteiger partial charge >= 0.3 is 5.97 Å². The molecule has 1 aromatic carbocycles. The summed E-state index contributed by atoms with van der Waals surface area (Å²) in [7, 11) is 0. The molecule has 0 heterocycles. The lowest BCUT2D eigenvalue weighted by Gasteiger charge is -2.17. The van der Waals surface area contributed by atoms with Gasteiger partial charge in [0.1, 0.15) is 5.92 Å². The Morgan fingerprint density at radius 1 is 1.22 bits per heavy atom. The van der Waals surface area contributed by atoms with Gasteiger partial charge in [0.05, 0.1) is 6.61 Å². The molecule has 98 valence electrons. The molecule has 0 saturated heterocycles. The van der Waals surface area contributed by atoms with Gasteiger partial charge < -0.3 is 4.74 Å². The van der Waals surface area contributed by atoms with E-state index in [2.05, 4.69) is 0 Å². The van der Waals surface area contributed by atoms with E-state index < -0.39 is 11.9 Å². The molecule has 0 aliphatic heterocycles. The highest BCUT2D eigenvalue weighted by atomic mass is 35.5. The van der Waals surface area contributed by atoms with Crippen LogP contribution in [0.4, 0.5) is 0 Å². The van der Waals surface area contributed by atoms with Crippen molar-refractivity contribution in [3.63, 3.8) is 0 Å². The van der Waals surface area contributed by atoms with Crippen LogP contribution in [-0.4, -0.2) is 18.4 Å². The van der Waals surface area contributed by atoms with Crippen molar-refractivity contribution in [3.8, 4) is 0 Å². The maximum absolute atomic E-state index is 12.3. The minimum absolute atomic E-state index is 0.104. The van der Waals surface area contributed by atoms with Crippen LogP contribution < -0.4 is 0 Å². The number of rotatable bonds is 5. The van der Waals surface area contributed by atoms with E-state index in [1.54, 1.807) is 31.2 Å². The number of hydrogen-bond acceptors (Lipinski definition) is 3. The van der Waals surface area contributed by atoms with Gasteiger partial charge in [0.25, 0.3) is 0 Å². The molecule has 0 aromatic heterocycles. The van der Waals surface area contributed by atoms with Crippen molar-refractivity contribution in [3.05, 3.63) is 34.9 Å². The zero-order valence-corrected chi connectivity index (χ0v) is 11.5. The molecule has 1 unspecified atom stereocenters. The highest BCUT2D eigenvalue weighted by molar-refractivity contribution is 6.30. The number of benzene rings is 1. The Morgan fingerprint density at radius 2 is 1.78 bits per heavy atom. The minimum Gasteiger partial charge on any atom is -0.465 e. The SMILES string of the molecule is CCOC(=O)C(C(=O)c1ccc(Cl)cc1)C(C)C. The first kappa shape index (κ1) is 14.7. The van der Waals surface area contributed by atoms with Crippen LogP contribution in [0.5, 0.6) is 0 Å². The number of halogens is 1. The Morgan fingerprint density at radius 3 is 2.22 bits per heavy atom. The molecule has 1 aromatic rings. The van der Waals surface area contributed by atoms with Crippen LogP contribution >= 0.6 is 11.6 Å². The van der Waals surface area contributed by atoms with Crippen molar-refractivity contribution in [1.29, 1.82) is 0 Å². The van der Waals surface area contributed by atoms with E-state index in [9.17, 15) is 9.59 Å². The van der Waals surface area contributed by atoms with E-state index in [0.717, 1.165) is 0 Å². The van der Waals surface area contributed by atoms with E-state index in [1.165, 1.54) is 0 Å². The normalized spacial score (nSPS) is 12.3. The van der Waals surface area contributed by atoms with Crippen LogP contribution in [0, 0.1) is 11.8 Å². The number of ketones is 1. The van der Waals surface area contributed by atoms with Crippen LogP contribution in [-0.2, 0) is 9.53 Å². The molecule has 0 spiro atoms. The van der Waals surface area contributed by atoms with Gasteiger partial charge in [-0.2, -0.15) is 0 Å². The van der Waals surface area contributed by atoms with Gasteiger partial charge in [0.15, 0.2) is 5.78 Å². The molecule has 0 aliphatic carbocycles. The molecule has 0 fully saturated rings. The molecular formula is C14H17ClO3. The zero-order valence-electron chi connectivity index (χ0n) is 10.8. The van der Waals surface area contributed by atoms with Gasteiger partial charge in [-0.3, -0.25) is 9.59 Å². The molecule has 3 nitrogen and oxygen atoms in total. The predicted molar refractivity (Wildman–Crippen MR) is 70.7 cm³/mol. The minimum atomic E-state index is -0.758. The Bertz CT molecular complexity index is 423. The predicted octanol–water partition coefficient (Wildman–Crippen LogP) is 3.36. The Kier molecular flexibility index (Phi) is 5.35. The van der Waals surface area contributed by atoms with Gasteiger partial charge in [0.2, 0.25) is 0 Å². The first-order chi connectivity index (χ1) is 8.47. The van der Waals surface area contributed by atoms with E-state index in [1.807, 2.05) is 13.8 Å². The summed E-state index contributed by atoms with van der Waals surface area (Å²) in [6.45, 7) is 5.66. The van der Waals surface area contributed by atoms with Gasteiger partial charge in [-0.05, 0) is 37.1 Å². The molecule has 1 rings (SSSR count). The first-order valence-electron chi connectivity index (χ1n) is 5.93. The average molecular weight is 269 g/mol. The molecule has 0 bridgehead atoms. The lowest BCUT2D eigenvalue weighted by molar-refractivity contribution is -0.147. The Labute approximate surface area is 112 Å². The van der Waals surface area contributed by atoms with E-state index in [-0.39, 0.29) is 18.3 Å². The molecule has 0 radical (unpaired) electrons. The maximum Gasteiger partial charge on any atom is 0.317 e. The summed E-state index contributed by atoms with van der Waals surface area (Å²) in [5, 5.41) is 0.559. The summed E-state index contributed by atoms with van der Waals surface area (Å²) in [5.41, 5.74) is 0.478. The number of Topliss-reactive ketones (excluding diaryl/α,β-unsaturated/α-hetero) is 1. The Balaban J connectivity index is 2.96. The fraction of sp³-hybridized carbons (Fsp3) is 0.429. The van der Waals surface area contributed by atoms with Crippen LogP contribution in [0.1, 0.15) is 31.1 Å².